The Labute approximate surface area is 96.7 Å². The van der Waals surface area contributed by atoms with Crippen LogP contribution in [0.3, 0.4) is 0 Å². The van der Waals surface area contributed by atoms with Gasteiger partial charge in [0.1, 0.15) is 0 Å². The first-order valence-electron chi connectivity index (χ1n) is 5.38. The lowest BCUT2D eigenvalue weighted by atomic mass is 9.84. The van der Waals surface area contributed by atoms with Crippen LogP contribution in [-0.2, 0) is 0 Å². The molecule has 0 amide bonds. The van der Waals surface area contributed by atoms with Gasteiger partial charge in [0.15, 0.2) is 0 Å². The summed E-state index contributed by atoms with van der Waals surface area (Å²) >= 11 is 6.10. The Kier molecular flexibility index (Phi) is 4.65. The molecule has 1 rings (SSSR count). The summed E-state index contributed by atoms with van der Waals surface area (Å²) in [7, 11) is 0. The summed E-state index contributed by atoms with van der Waals surface area (Å²) in [6.45, 7) is 4.24. The van der Waals surface area contributed by atoms with E-state index in [-0.39, 0.29) is 5.92 Å². The Morgan fingerprint density at radius 2 is 1.87 bits per heavy atom. The molecule has 0 spiro atoms. The van der Waals surface area contributed by atoms with E-state index in [4.69, 9.17) is 11.6 Å². The normalized spacial score (nSPS) is 12.5. The predicted molar refractivity (Wildman–Crippen MR) is 63.9 cm³/mol. The van der Waals surface area contributed by atoms with Gasteiger partial charge in [-0.2, -0.15) is 5.26 Å². The largest absolute Gasteiger partial charge is 0.198 e. The van der Waals surface area contributed by atoms with Crippen molar-refractivity contribution in [3.8, 4) is 6.07 Å². The molecular formula is C13H16ClN. The van der Waals surface area contributed by atoms with E-state index in [9.17, 15) is 5.26 Å². The van der Waals surface area contributed by atoms with Crippen LogP contribution in [0.1, 0.15) is 38.2 Å². The minimum atomic E-state index is -0.0753. The number of nitrogens with zero attached hydrogens (tertiary/aromatic N) is 1. The molecule has 0 fully saturated rings. The van der Waals surface area contributed by atoms with E-state index < -0.39 is 0 Å². The molecule has 80 valence electrons. The predicted octanol–water partition coefficient (Wildman–Crippen LogP) is 4.38. The summed E-state index contributed by atoms with van der Waals surface area (Å²) in [5, 5.41) is 9.93. The van der Waals surface area contributed by atoms with E-state index in [0.717, 1.165) is 18.4 Å². The molecule has 1 aromatic carbocycles. The maximum absolute atomic E-state index is 9.23. The molecule has 0 aliphatic rings. The third-order valence-electron chi connectivity index (χ3n) is 2.90. The Morgan fingerprint density at radius 1 is 1.27 bits per heavy atom. The Bertz CT molecular complexity index is 350. The van der Waals surface area contributed by atoms with E-state index in [1.807, 2.05) is 24.3 Å². The summed E-state index contributed by atoms with van der Waals surface area (Å²) in [5.41, 5.74) is 0.968. The summed E-state index contributed by atoms with van der Waals surface area (Å²) in [6.07, 6.45) is 2.03. The van der Waals surface area contributed by atoms with Crippen molar-refractivity contribution in [1.82, 2.24) is 0 Å². The zero-order valence-electron chi connectivity index (χ0n) is 9.20. The molecule has 1 aromatic rings. The molecule has 1 atom stereocenters. The van der Waals surface area contributed by atoms with E-state index in [1.54, 1.807) is 0 Å². The van der Waals surface area contributed by atoms with Crippen LogP contribution in [0.2, 0.25) is 5.02 Å². The van der Waals surface area contributed by atoms with Crippen molar-refractivity contribution in [1.29, 1.82) is 5.26 Å². The number of hydrogen-bond donors (Lipinski definition) is 0. The Balaban J connectivity index is 3.03. The van der Waals surface area contributed by atoms with E-state index in [1.165, 1.54) is 0 Å². The SMILES string of the molecule is CCC(CC)C(C#N)c1ccccc1Cl. The van der Waals surface area contributed by atoms with Crippen LogP contribution in [0.4, 0.5) is 0 Å². The van der Waals surface area contributed by atoms with Gasteiger partial charge in [-0.05, 0) is 17.5 Å². The van der Waals surface area contributed by atoms with Crippen LogP contribution in [-0.4, -0.2) is 0 Å². The topological polar surface area (TPSA) is 23.8 Å². The fourth-order valence-corrected chi connectivity index (χ4v) is 2.17. The maximum Gasteiger partial charge on any atom is 0.0755 e. The van der Waals surface area contributed by atoms with Gasteiger partial charge in [-0.3, -0.25) is 0 Å². The second kappa shape index (κ2) is 5.78. The smallest absolute Gasteiger partial charge is 0.0755 e. The minimum Gasteiger partial charge on any atom is -0.198 e. The lowest BCUT2D eigenvalue weighted by Crippen LogP contribution is -2.10. The van der Waals surface area contributed by atoms with Gasteiger partial charge in [0, 0.05) is 5.02 Å². The molecule has 0 heterocycles. The van der Waals surface area contributed by atoms with Gasteiger partial charge in [0.05, 0.1) is 12.0 Å². The van der Waals surface area contributed by atoms with Crippen LogP contribution < -0.4 is 0 Å². The molecule has 0 saturated heterocycles. The summed E-state index contributed by atoms with van der Waals surface area (Å²) in [6, 6.07) is 10.0. The van der Waals surface area contributed by atoms with E-state index in [2.05, 4.69) is 19.9 Å². The van der Waals surface area contributed by atoms with Crippen molar-refractivity contribution >= 4 is 11.6 Å². The van der Waals surface area contributed by atoms with Gasteiger partial charge in [0.2, 0.25) is 0 Å². The second-order valence-corrected chi connectivity index (χ2v) is 4.11. The Morgan fingerprint density at radius 3 is 2.33 bits per heavy atom. The van der Waals surface area contributed by atoms with Crippen LogP contribution in [0.5, 0.6) is 0 Å². The molecule has 0 aliphatic heterocycles. The number of nitriles is 1. The first kappa shape index (κ1) is 12.1. The van der Waals surface area contributed by atoms with Crippen molar-refractivity contribution in [3.05, 3.63) is 34.9 Å². The lowest BCUT2D eigenvalue weighted by molar-refractivity contribution is 0.453. The molecule has 1 nitrogen and oxygen atoms in total. The van der Waals surface area contributed by atoms with Gasteiger partial charge < -0.3 is 0 Å². The first-order valence-corrected chi connectivity index (χ1v) is 5.76. The van der Waals surface area contributed by atoms with E-state index >= 15 is 0 Å². The van der Waals surface area contributed by atoms with Crippen LogP contribution >= 0.6 is 11.6 Å². The first-order chi connectivity index (χ1) is 7.24. The molecule has 0 radical (unpaired) electrons. The highest BCUT2D eigenvalue weighted by Gasteiger charge is 2.21. The van der Waals surface area contributed by atoms with Crippen molar-refractivity contribution < 1.29 is 0 Å². The van der Waals surface area contributed by atoms with Crippen LogP contribution in [0.25, 0.3) is 0 Å². The molecule has 0 aliphatic carbocycles. The van der Waals surface area contributed by atoms with Crippen LogP contribution in [0.15, 0.2) is 24.3 Å². The Hall–Kier alpha value is -1.00. The van der Waals surface area contributed by atoms with Gasteiger partial charge in [-0.15, -0.1) is 0 Å². The van der Waals surface area contributed by atoms with Gasteiger partial charge >= 0.3 is 0 Å². The van der Waals surface area contributed by atoms with Crippen molar-refractivity contribution in [2.75, 3.05) is 0 Å². The fourth-order valence-electron chi connectivity index (χ4n) is 1.92. The summed E-state index contributed by atoms with van der Waals surface area (Å²) in [4.78, 5) is 0. The minimum absolute atomic E-state index is 0.0753. The maximum atomic E-state index is 9.23. The zero-order chi connectivity index (χ0) is 11.3. The average Bonchev–Trinajstić information content (AvgIpc) is 2.27. The number of halogens is 1. The monoisotopic (exact) mass is 221 g/mol. The van der Waals surface area contributed by atoms with Crippen molar-refractivity contribution in [2.24, 2.45) is 5.92 Å². The third-order valence-corrected chi connectivity index (χ3v) is 3.24. The molecule has 0 bridgehead atoms. The van der Waals surface area contributed by atoms with Crippen molar-refractivity contribution in [3.63, 3.8) is 0 Å². The molecule has 1 unspecified atom stereocenters. The van der Waals surface area contributed by atoms with Crippen molar-refractivity contribution in [2.45, 2.75) is 32.6 Å². The summed E-state index contributed by atoms with van der Waals surface area (Å²) in [5.74, 6) is 0.323. The highest BCUT2D eigenvalue weighted by Crippen LogP contribution is 2.33. The molecule has 0 aromatic heterocycles. The third kappa shape index (κ3) is 2.73. The number of rotatable bonds is 4. The summed E-state index contributed by atoms with van der Waals surface area (Å²) < 4.78 is 0. The average molecular weight is 222 g/mol. The molecule has 0 saturated carbocycles. The highest BCUT2D eigenvalue weighted by atomic mass is 35.5. The lowest BCUT2D eigenvalue weighted by Gasteiger charge is -2.19. The van der Waals surface area contributed by atoms with E-state index in [0.29, 0.717) is 10.9 Å². The molecular weight excluding hydrogens is 206 g/mol. The molecule has 0 N–H and O–H groups in total. The van der Waals surface area contributed by atoms with Gasteiger partial charge in [-0.25, -0.2) is 0 Å². The molecule has 2 heteroatoms. The fraction of sp³-hybridized carbons (Fsp3) is 0.462. The number of benzene rings is 1. The highest BCUT2D eigenvalue weighted by molar-refractivity contribution is 6.31. The second-order valence-electron chi connectivity index (χ2n) is 3.70. The van der Waals surface area contributed by atoms with Gasteiger partial charge in [0.25, 0.3) is 0 Å². The zero-order valence-corrected chi connectivity index (χ0v) is 9.96. The molecule has 15 heavy (non-hydrogen) atoms. The quantitative estimate of drug-likeness (QED) is 0.740. The number of hydrogen-bond acceptors (Lipinski definition) is 1. The standard InChI is InChI=1S/C13H16ClN/c1-3-10(4-2)12(9-15)11-7-5-6-8-13(11)14/h5-8,10,12H,3-4H2,1-2H3. The van der Waals surface area contributed by atoms with Crippen LogP contribution in [0, 0.1) is 17.2 Å². The van der Waals surface area contributed by atoms with Gasteiger partial charge in [-0.1, -0.05) is 56.5 Å².